The molecular weight excluding hydrogens is 365 g/mol. The Morgan fingerprint density at radius 1 is 1.30 bits per heavy atom. The molecule has 0 bridgehead atoms. The number of pyridine rings is 1. The largest absolute Gasteiger partial charge is 0.425 e. The normalized spacial score (nSPS) is 14.3. The summed E-state index contributed by atoms with van der Waals surface area (Å²) >= 11 is 0. The van der Waals surface area contributed by atoms with Gasteiger partial charge in [0.05, 0.1) is 24.0 Å². The molecule has 0 spiro atoms. The molecule has 8 nitrogen and oxygen atoms in total. The van der Waals surface area contributed by atoms with Crippen molar-refractivity contribution >= 4 is 22.6 Å². The van der Waals surface area contributed by atoms with Crippen molar-refractivity contribution in [2.45, 2.75) is 25.1 Å². The Hall–Kier alpha value is -2.95. The monoisotopic (exact) mass is 382 g/mol. The van der Waals surface area contributed by atoms with Crippen LogP contribution in [0.3, 0.4) is 0 Å². The molecule has 2 N–H and O–H groups in total. The predicted molar refractivity (Wildman–Crippen MR) is 89.7 cm³/mol. The minimum atomic E-state index is -5.09. The van der Waals surface area contributed by atoms with Crippen LogP contribution < -0.4 is 5.32 Å². The smallest absolute Gasteiger partial charge is 0.374 e. The van der Waals surface area contributed by atoms with Gasteiger partial charge in [-0.25, -0.2) is 9.97 Å². The van der Waals surface area contributed by atoms with Gasteiger partial charge in [-0.15, -0.1) is 0 Å². The molecular formula is C16H17F3N6O2. The number of hydrogen-bond donors (Lipinski definition) is 2. The quantitative estimate of drug-likeness (QED) is 0.717. The maximum atomic E-state index is 13.5. The molecule has 0 fully saturated rings. The van der Waals surface area contributed by atoms with Crippen molar-refractivity contribution in [1.29, 1.82) is 0 Å². The topological polar surface area (TPSA) is 97.9 Å². The number of hydrogen-bond acceptors (Lipinski definition) is 5. The highest BCUT2D eigenvalue weighted by Crippen LogP contribution is 2.40. The highest BCUT2D eigenvalue weighted by molar-refractivity contribution is 5.93. The number of aryl methyl sites for hydroxylation is 3. The van der Waals surface area contributed by atoms with Gasteiger partial charge in [0, 0.05) is 31.9 Å². The van der Waals surface area contributed by atoms with E-state index in [-0.39, 0.29) is 5.69 Å². The van der Waals surface area contributed by atoms with Crippen LogP contribution in [0.25, 0.3) is 11.0 Å². The summed E-state index contributed by atoms with van der Waals surface area (Å²) < 4.78 is 43.1. The highest BCUT2D eigenvalue weighted by Gasteiger charge is 2.58. The van der Waals surface area contributed by atoms with Crippen LogP contribution in [0.5, 0.6) is 0 Å². The Morgan fingerprint density at radius 3 is 2.59 bits per heavy atom. The Balaban J connectivity index is 1.87. The summed E-state index contributed by atoms with van der Waals surface area (Å²) in [6, 6.07) is 1.57. The number of nitrogens with one attached hydrogen (secondary N) is 1. The fourth-order valence-corrected chi connectivity index (χ4v) is 2.88. The Kier molecular flexibility index (Phi) is 4.42. The third kappa shape index (κ3) is 3.25. The van der Waals surface area contributed by atoms with Crippen molar-refractivity contribution in [2.75, 3.05) is 5.32 Å². The SMILES string of the molecule is Cc1nn(C)c2ncc(NC(=O)CC(O)(c3nccn3C)C(F)(F)F)cc12. The molecule has 0 aliphatic heterocycles. The number of aliphatic hydroxyl groups is 1. The number of halogens is 3. The summed E-state index contributed by atoms with van der Waals surface area (Å²) in [7, 11) is 3.01. The van der Waals surface area contributed by atoms with Crippen LogP contribution in [0.2, 0.25) is 0 Å². The van der Waals surface area contributed by atoms with E-state index in [0.29, 0.717) is 16.7 Å². The van der Waals surface area contributed by atoms with E-state index in [1.807, 2.05) is 0 Å². The molecule has 3 heterocycles. The Morgan fingerprint density at radius 2 is 2.00 bits per heavy atom. The van der Waals surface area contributed by atoms with Gasteiger partial charge in [-0.05, 0) is 13.0 Å². The van der Waals surface area contributed by atoms with E-state index in [1.54, 1.807) is 24.7 Å². The Labute approximate surface area is 151 Å². The van der Waals surface area contributed by atoms with E-state index < -0.39 is 29.9 Å². The summed E-state index contributed by atoms with van der Waals surface area (Å²) in [5.74, 6) is -1.69. The maximum Gasteiger partial charge on any atom is 0.425 e. The first-order chi connectivity index (χ1) is 12.5. The summed E-state index contributed by atoms with van der Waals surface area (Å²) in [5.41, 5.74) is -1.98. The van der Waals surface area contributed by atoms with Crippen molar-refractivity contribution in [3.63, 3.8) is 0 Å². The molecule has 3 rings (SSSR count). The molecule has 144 valence electrons. The third-order valence-corrected chi connectivity index (χ3v) is 4.22. The van der Waals surface area contributed by atoms with Gasteiger partial charge < -0.3 is 15.0 Å². The molecule has 0 aliphatic carbocycles. The van der Waals surface area contributed by atoms with Gasteiger partial charge in [-0.3, -0.25) is 9.48 Å². The number of fused-ring (bicyclic) bond motifs is 1. The third-order valence-electron chi connectivity index (χ3n) is 4.22. The highest BCUT2D eigenvalue weighted by atomic mass is 19.4. The predicted octanol–water partition coefficient (Wildman–Crippen LogP) is 1.79. The van der Waals surface area contributed by atoms with E-state index in [4.69, 9.17) is 0 Å². The molecule has 27 heavy (non-hydrogen) atoms. The maximum absolute atomic E-state index is 13.5. The van der Waals surface area contributed by atoms with Crippen molar-refractivity contribution in [3.05, 3.63) is 36.2 Å². The zero-order valence-electron chi connectivity index (χ0n) is 14.7. The van der Waals surface area contributed by atoms with Crippen LogP contribution in [0.4, 0.5) is 18.9 Å². The number of anilines is 1. The van der Waals surface area contributed by atoms with Crippen molar-refractivity contribution in [3.8, 4) is 0 Å². The minimum absolute atomic E-state index is 0.202. The van der Waals surface area contributed by atoms with Gasteiger partial charge in [0.15, 0.2) is 11.5 Å². The lowest BCUT2D eigenvalue weighted by atomic mass is 9.97. The summed E-state index contributed by atoms with van der Waals surface area (Å²) in [6.45, 7) is 1.75. The molecule has 0 aliphatic rings. The number of carbonyl (C=O) groups excluding carboxylic acids is 1. The molecule has 1 amide bonds. The number of aromatic nitrogens is 5. The number of imidazole rings is 1. The molecule has 3 aromatic heterocycles. The second-order valence-corrected chi connectivity index (χ2v) is 6.25. The van der Waals surface area contributed by atoms with E-state index in [9.17, 15) is 23.1 Å². The lowest BCUT2D eigenvalue weighted by molar-refractivity contribution is -0.270. The van der Waals surface area contributed by atoms with Gasteiger partial charge in [-0.2, -0.15) is 18.3 Å². The molecule has 3 aromatic rings. The molecule has 0 saturated heterocycles. The van der Waals surface area contributed by atoms with Crippen LogP contribution in [0.1, 0.15) is 17.9 Å². The molecule has 1 atom stereocenters. The zero-order valence-corrected chi connectivity index (χ0v) is 14.7. The first-order valence-corrected chi connectivity index (χ1v) is 7.89. The average molecular weight is 382 g/mol. The number of carbonyl (C=O) groups is 1. The van der Waals surface area contributed by atoms with Crippen molar-refractivity contribution in [1.82, 2.24) is 24.3 Å². The van der Waals surface area contributed by atoms with Gasteiger partial charge in [0.2, 0.25) is 11.5 Å². The van der Waals surface area contributed by atoms with E-state index in [1.165, 1.54) is 19.4 Å². The standard InChI is InChI=1S/C16H17F3N6O2/c1-9-11-6-10(8-21-13(11)25(3)23-9)22-12(26)7-15(27,16(17,18)19)14-20-4-5-24(14)2/h4-6,8,27H,7H2,1-3H3,(H,22,26). The van der Waals surface area contributed by atoms with Crippen LogP contribution in [-0.2, 0) is 24.5 Å². The van der Waals surface area contributed by atoms with Gasteiger partial charge >= 0.3 is 6.18 Å². The van der Waals surface area contributed by atoms with Gasteiger partial charge in [-0.1, -0.05) is 0 Å². The number of rotatable bonds is 4. The number of amides is 1. The van der Waals surface area contributed by atoms with Crippen molar-refractivity contribution in [2.24, 2.45) is 14.1 Å². The van der Waals surface area contributed by atoms with Gasteiger partial charge in [0.1, 0.15) is 0 Å². The first kappa shape index (κ1) is 18.8. The fraction of sp³-hybridized carbons (Fsp3) is 0.375. The van der Waals surface area contributed by atoms with E-state index >= 15 is 0 Å². The summed E-state index contributed by atoms with van der Waals surface area (Å²) in [5, 5.41) is 17.4. The average Bonchev–Trinajstić information content (AvgIpc) is 3.10. The molecule has 11 heteroatoms. The molecule has 1 unspecified atom stereocenters. The van der Waals surface area contributed by atoms with E-state index in [0.717, 1.165) is 10.8 Å². The van der Waals surface area contributed by atoms with Crippen LogP contribution in [-0.4, -0.2) is 41.5 Å². The second kappa shape index (κ2) is 6.34. The summed E-state index contributed by atoms with van der Waals surface area (Å²) in [4.78, 5) is 20.0. The minimum Gasteiger partial charge on any atom is -0.374 e. The number of nitrogens with zero attached hydrogens (tertiary/aromatic N) is 5. The van der Waals surface area contributed by atoms with Gasteiger partial charge in [0.25, 0.3) is 0 Å². The molecule has 0 saturated carbocycles. The summed E-state index contributed by atoms with van der Waals surface area (Å²) in [6.07, 6.45) is -2.65. The first-order valence-electron chi connectivity index (χ1n) is 7.89. The lowest BCUT2D eigenvalue weighted by Crippen LogP contribution is -2.46. The molecule has 0 radical (unpaired) electrons. The van der Waals surface area contributed by atoms with Crippen LogP contribution in [0.15, 0.2) is 24.7 Å². The Bertz CT molecular complexity index is 1010. The van der Waals surface area contributed by atoms with Crippen LogP contribution in [0, 0.1) is 6.92 Å². The van der Waals surface area contributed by atoms with E-state index in [2.05, 4.69) is 20.4 Å². The zero-order chi connectivity index (χ0) is 20.0. The van der Waals surface area contributed by atoms with Crippen LogP contribution >= 0.6 is 0 Å². The lowest BCUT2D eigenvalue weighted by Gasteiger charge is -2.29. The number of alkyl halides is 3. The fourth-order valence-electron chi connectivity index (χ4n) is 2.88. The van der Waals surface area contributed by atoms with Crippen molar-refractivity contribution < 1.29 is 23.1 Å². The second-order valence-electron chi connectivity index (χ2n) is 6.25. The molecule has 0 aromatic carbocycles.